The summed E-state index contributed by atoms with van der Waals surface area (Å²) in [7, 11) is 1.66. The highest BCUT2D eigenvalue weighted by atomic mass is 32.2. The molecule has 0 aliphatic carbocycles. The molecule has 1 atom stereocenters. The Balaban J connectivity index is 2.79. The SMILES string of the molecule is CSCCC(NC(=O)c1cccc(C)c1)C(=O)N(C)CCC#N. The van der Waals surface area contributed by atoms with Crippen LogP contribution in [0.5, 0.6) is 0 Å². The molecule has 1 unspecified atom stereocenters. The molecule has 0 saturated heterocycles. The molecule has 1 rings (SSSR count). The molecule has 124 valence electrons. The maximum Gasteiger partial charge on any atom is 0.251 e. The molecule has 0 spiro atoms. The number of benzene rings is 1. The third-order valence-electron chi connectivity index (χ3n) is 3.43. The number of carbonyl (C=O) groups is 2. The Morgan fingerprint density at radius 2 is 2.17 bits per heavy atom. The van der Waals surface area contributed by atoms with Crippen molar-refractivity contribution in [2.24, 2.45) is 0 Å². The summed E-state index contributed by atoms with van der Waals surface area (Å²) in [6, 6.07) is 8.72. The van der Waals surface area contributed by atoms with Crippen LogP contribution in [0.25, 0.3) is 0 Å². The summed E-state index contributed by atoms with van der Waals surface area (Å²) in [6.45, 7) is 2.29. The average molecular weight is 333 g/mol. The fourth-order valence-corrected chi connectivity index (χ4v) is 2.59. The summed E-state index contributed by atoms with van der Waals surface area (Å²) in [5, 5.41) is 11.5. The number of likely N-dealkylation sites (N-methyl/N-ethyl adjacent to an activating group) is 1. The van der Waals surface area contributed by atoms with Crippen LogP contribution in [0.15, 0.2) is 24.3 Å². The second-order valence-corrected chi connectivity index (χ2v) is 6.33. The quantitative estimate of drug-likeness (QED) is 0.792. The van der Waals surface area contributed by atoms with Crippen LogP contribution in [0.1, 0.15) is 28.8 Å². The summed E-state index contributed by atoms with van der Waals surface area (Å²) in [6.07, 6.45) is 2.81. The number of carbonyl (C=O) groups excluding carboxylic acids is 2. The molecule has 0 aliphatic heterocycles. The van der Waals surface area contributed by atoms with E-state index < -0.39 is 6.04 Å². The van der Waals surface area contributed by atoms with Crippen LogP contribution in [0.3, 0.4) is 0 Å². The van der Waals surface area contributed by atoms with E-state index in [0.717, 1.165) is 11.3 Å². The first-order valence-corrected chi connectivity index (χ1v) is 8.87. The topological polar surface area (TPSA) is 73.2 Å². The van der Waals surface area contributed by atoms with E-state index in [-0.39, 0.29) is 18.2 Å². The Hall–Kier alpha value is -2.00. The second kappa shape index (κ2) is 9.90. The molecule has 0 fully saturated rings. The lowest BCUT2D eigenvalue weighted by Gasteiger charge is -2.24. The lowest BCUT2D eigenvalue weighted by atomic mass is 10.1. The first kappa shape index (κ1) is 19.0. The number of nitrogens with one attached hydrogen (secondary N) is 1. The zero-order valence-corrected chi connectivity index (χ0v) is 14.7. The van der Waals surface area contributed by atoms with Gasteiger partial charge in [-0.25, -0.2) is 0 Å². The average Bonchev–Trinajstić information content (AvgIpc) is 2.55. The molecular weight excluding hydrogens is 310 g/mol. The van der Waals surface area contributed by atoms with Crippen molar-refractivity contribution in [2.75, 3.05) is 25.6 Å². The molecule has 0 heterocycles. The standard InChI is InChI=1S/C17H23N3O2S/c1-13-6-4-7-14(12-13)16(21)19-15(8-11-23-3)17(22)20(2)10-5-9-18/h4,6-7,12,15H,5,8,10-11H2,1-3H3,(H,19,21). The highest BCUT2D eigenvalue weighted by molar-refractivity contribution is 7.98. The number of nitrogens with zero attached hydrogens (tertiary/aromatic N) is 2. The molecule has 5 nitrogen and oxygen atoms in total. The van der Waals surface area contributed by atoms with Gasteiger partial charge in [-0.15, -0.1) is 0 Å². The maximum absolute atomic E-state index is 12.5. The lowest BCUT2D eigenvalue weighted by molar-refractivity contribution is -0.131. The van der Waals surface area contributed by atoms with Gasteiger partial charge < -0.3 is 10.2 Å². The first-order chi connectivity index (χ1) is 11.0. The van der Waals surface area contributed by atoms with Crippen molar-refractivity contribution in [1.82, 2.24) is 10.2 Å². The van der Waals surface area contributed by atoms with Gasteiger partial charge in [0, 0.05) is 19.2 Å². The van der Waals surface area contributed by atoms with Gasteiger partial charge in [-0.2, -0.15) is 17.0 Å². The van der Waals surface area contributed by atoms with Gasteiger partial charge in [-0.3, -0.25) is 9.59 Å². The van der Waals surface area contributed by atoms with Crippen LogP contribution >= 0.6 is 11.8 Å². The van der Waals surface area contributed by atoms with E-state index in [9.17, 15) is 9.59 Å². The van der Waals surface area contributed by atoms with Crippen molar-refractivity contribution < 1.29 is 9.59 Å². The van der Waals surface area contributed by atoms with Gasteiger partial charge in [-0.1, -0.05) is 17.7 Å². The third kappa shape index (κ3) is 6.33. The minimum atomic E-state index is -0.570. The van der Waals surface area contributed by atoms with E-state index in [0.29, 0.717) is 18.5 Å². The van der Waals surface area contributed by atoms with Crippen molar-refractivity contribution in [2.45, 2.75) is 25.8 Å². The van der Waals surface area contributed by atoms with Gasteiger partial charge in [0.15, 0.2) is 0 Å². The predicted molar refractivity (Wildman–Crippen MR) is 93.3 cm³/mol. The van der Waals surface area contributed by atoms with Crippen molar-refractivity contribution in [3.63, 3.8) is 0 Å². The number of rotatable bonds is 8. The molecule has 0 aliphatic rings. The molecule has 23 heavy (non-hydrogen) atoms. The van der Waals surface area contributed by atoms with Gasteiger partial charge in [0.1, 0.15) is 6.04 Å². The largest absolute Gasteiger partial charge is 0.343 e. The molecule has 1 N–H and O–H groups in total. The fraction of sp³-hybridized carbons (Fsp3) is 0.471. The predicted octanol–water partition coefficient (Wildman–Crippen LogP) is 2.22. The van der Waals surface area contributed by atoms with Crippen LogP contribution in [-0.2, 0) is 4.79 Å². The van der Waals surface area contributed by atoms with Gasteiger partial charge in [0.25, 0.3) is 5.91 Å². The van der Waals surface area contributed by atoms with Crippen LogP contribution in [0.2, 0.25) is 0 Å². The number of hydrogen-bond donors (Lipinski definition) is 1. The lowest BCUT2D eigenvalue weighted by Crippen LogP contribution is -2.47. The van der Waals surface area contributed by atoms with E-state index in [1.807, 2.05) is 31.4 Å². The third-order valence-corrected chi connectivity index (χ3v) is 4.07. The normalized spacial score (nSPS) is 11.4. The fourth-order valence-electron chi connectivity index (χ4n) is 2.11. The Morgan fingerprint density at radius 1 is 1.43 bits per heavy atom. The number of nitriles is 1. The minimum absolute atomic E-state index is 0.157. The van der Waals surface area contributed by atoms with Crippen molar-refractivity contribution in [3.8, 4) is 6.07 Å². The number of thioether (sulfide) groups is 1. The highest BCUT2D eigenvalue weighted by Gasteiger charge is 2.24. The monoisotopic (exact) mass is 333 g/mol. The zero-order chi connectivity index (χ0) is 17.2. The van der Waals surface area contributed by atoms with Gasteiger partial charge in [-0.05, 0) is 37.5 Å². The van der Waals surface area contributed by atoms with Gasteiger partial charge >= 0.3 is 0 Å². The van der Waals surface area contributed by atoms with Crippen molar-refractivity contribution >= 4 is 23.6 Å². The van der Waals surface area contributed by atoms with E-state index in [1.165, 1.54) is 4.90 Å². The summed E-state index contributed by atoms with van der Waals surface area (Å²) < 4.78 is 0. The van der Waals surface area contributed by atoms with E-state index in [1.54, 1.807) is 30.9 Å². The van der Waals surface area contributed by atoms with Crippen LogP contribution in [0, 0.1) is 18.3 Å². The Kier molecular flexibility index (Phi) is 8.20. The zero-order valence-electron chi connectivity index (χ0n) is 13.8. The number of amides is 2. The molecule has 0 radical (unpaired) electrons. The molecule has 0 bridgehead atoms. The molecule has 0 aromatic heterocycles. The Labute approximate surface area is 142 Å². The first-order valence-electron chi connectivity index (χ1n) is 7.48. The molecule has 0 saturated carbocycles. The number of hydrogen-bond acceptors (Lipinski definition) is 4. The summed E-state index contributed by atoms with van der Waals surface area (Å²) >= 11 is 1.63. The van der Waals surface area contributed by atoms with Crippen LogP contribution in [0.4, 0.5) is 0 Å². The minimum Gasteiger partial charge on any atom is -0.343 e. The molecular formula is C17H23N3O2S. The van der Waals surface area contributed by atoms with E-state index >= 15 is 0 Å². The molecule has 1 aromatic rings. The van der Waals surface area contributed by atoms with Crippen molar-refractivity contribution in [3.05, 3.63) is 35.4 Å². The van der Waals surface area contributed by atoms with E-state index in [2.05, 4.69) is 5.32 Å². The summed E-state index contributed by atoms with van der Waals surface area (Å²) in [5.41, 5.74) is 1.54. The van der Waals surface area contributed by atoms with Crippen LogP contribution < -0.4 is 5.32 Å². The highest BCUT2D eigenvalue weighted by Crippen LogP contribution is 2.08. The van der Waals surface area contributed by atoms with Crippen molar-refractivity contribution in [1.29, 1.82) is 5.26 Å². The van der Waals surface area contributed by atoms with E-state index in [4.69, 9.17) is 5.26 Å². The molecule has 6 heteroatoms. The smallest absolute Gasteiger partial charge is 0.251 e. The summed E-state index contributed by atoms with van der Waals surface area (Å²) in [4.78, 5) is 26.4. The molecule has 1 aromatic carbocycles. The second-order valence-electron chi connectivity index (χ2n) is 5.34. The Morgan fingerprint density at radius 3 is 2.78 bits per heavy atom. The molecule has 2 amide bonds. The summed E-state index contributed by atoms with van der Waals surface area (Å²) in [5.74, 6) is 0.369. The van der Waals surface area contributed by atoms with Gasteiger partial charge in [0.2, 0.25) is 5.91 Å². The van der Waals surface area contributed by atoms with Gasteiger partial charge in [0.05, 0.1) is 12.5 Å². The maximum atomic E-state index is 12.5. The Bertz CT molecular complexity index is 583. The van der Waals surface area contributed by atoms with Crippen LogP contribution in [-0.4, -0.2) is 48.4 Å². The number of aryl methyl sites for hydroxylation is 1.